The van der Waals surface area contributed by atoms with E-state index in [4.69, 9.17) is 10.9 Å². The molecule has 0 spiro atoms. The maximum atomic E-state index is 11.4. The van der Waals surface area contributed by atoms with E-state index in [1.54, 1.807) is 19.3 Å². The van der Waals surface area contributed by atoms with Crippen LogP contribution in [0.25, 0.3) is 0 Å². The minimum atomic E-state index is -1.37. The summed E-state index contributed by atoms with van der Waals surface area (Å²) in [7, 11) is 0. The fraction of sp³-hybridized carbons (Fsp3) is 0.545. The van der Waals surface area contributed by atoms with E-state index >= 15 is 0 Å². The van der Waals surface area contributed by atoms with E-state index < -0.39 is 18.1 Å². The normalized spacial score (nSPS) is 14.6. The molecular formula is C11H19N3O5. The largest absolute Gasteiger partial charge is 0.494 e. The van der Waals surface area contributed by atoms with Gasteiger partial charge in [-0.2, -0.15) is 5.48 Å². The van der Waals surface area contributed by atoms with Crippen LogP contribution in [0.15, 0.2) is 6.07 Å². The molecule has 1 aromatic heterocycles. The number of nitrogens with two attached hydrogens (primary N) is 1. The topological polar surface area (TPSA) is 141 Å². The lowest BCUT2D eigenvalue weighted by Crippen LogP contribution is -2.30. The number of rotatable bonds is 6. The highest BCUT2D eigenvalue weighted by Gasteiger charge is 2.29. The van der Waals surface area contributed by atoms with Gasteiger partial charge in [-0.05, 0) is 5.92 Å². The Kier molecular flexibility index (Phi) is 4.76. The molecule has 1 rings (SSSR count). The molecule has 108 valence electrons. The highest BCUT2D eigenvalue weighted by molar-refractivity contribution is 5.83. The molecule has 19 heavy (non-hydrogen) atoms. The number of nitrogens with zero attached hydrogens (tertiary/aromatic N) is 1. The molecule has 0 aliphatic carbocycles. The Bertz CT molecular complexity index is 457. The summed E-state index contributed by atoms with van der Waals surface area (Å²) >= 11 is 0. The van der Waals surface area contributed by atoms with Gasteiger partial charge in [0.15, 0.2) is 11.8 Å². The van der Waals surface area contributed by atoms with Gasteiger partial charge in [-0.1, -0.05) is 13.8 Å². The van der Waals surface area contributed by atoms with E-state index in [1.807, 2.05) is 0 Å². The second-order valence-electron chi connectivity index (χ2n) is 4.66. The van der Waals surface area contributed by atoms with Gasteiger partial charge in [0.2, 0.25) is 5.91 Å². The number of hydrogen-bond acceptors (Lipinski definition) is 6. The summed E-state index contributed by atoms with van der Waals surface area (Å²) in [5.74, 6) is -2.26. The monoisotopic (exact) mass is 273 g/mol. The third kappa shape index (κ3) is 3.16. The van der Waals surface area contributed by atoms with Crippen LogP contribution in [0.1, 0.15) is 25.3 Å². The summed E-state index contributed by atoms with van der Waals surface area (Å²) < 4.78 is 0.960. The molecule has 8 nitrogen and oxygen atoms in total. The van der Waals surface area contributed by atoms with Crippen molar-refractivity contribution in [2.24, 2.45) is 11.7 Å². The molecule has 0 unspecified atom stereocenters. The van der Waals surface area contributed by atoms with Crippen molar-refractivity contribution in [2.75, 3.05) is 0 Å². The number of aromatic hydroxyl groups is 2. The number of aromatic nitrogens is 1. The van der Waals surface area contributed by atoms with E-state index in [2.05, 4.69) is 0 Å². The molecule has 0 bridgehead atoms. The van der Waals surface area contributed by atoms with Gasteiger partial charge >= 0.3 is 0 Å². The molecular weight excluding hydrogens is 254 g/mol. The Balaban J connectivity index is 3.17. The third-order valence-corrected chi connectivity index (χ3v) is 2.89. The van der Waals surface area contributed by atoms with Crippen molar-refractivity contribution >= 4 is 5.91 Å². The van der Waals surface area contributed by atoms with Crippen LogP contribution >= 0.6 is 0 Å². The lowest BCUT2D eigenvalue weighted by atomic mass is 9.89. The maximum absolute atomic E-state index is 11.4. The van der Waals surface area contributed by atoms with Crippen molar-refractivity contribution in [3.05, 3.63) is 11.6 Å². The molecule has 7 N–H and O–H groups in total. The van der Waals surface area contributed by atoms with Crippen molar-refractivity contribution in [2.45, 2.75) is 32.5 Å². The molecule has 2 atom stereocenters. The Hall–Kier alpha value is -1.77. The van der Waals surface area contributed by atoms with Gasteiger partial charge in [0, 0.05) is 11.6 Å². The molecule has 0 aliphatic heterocycles. The van der Waals surface area contributed by atoms with Crippen LogP contribution in [-0.2, 0) is 11.3 Å². The van der Waals surface area contributed by atoms with E-state index in [0.717, 1.165) is 4.57 Å². The fourth-order valence-electron chi connectivity index (χ4n) is 2.01. The number of hydroxylamine groups is 1. The second kappa shape index (κ2) is 5.91. The van der Waals surface area contributed by atoms with Crippen molar-refractivity contribution in [1.82, 2.24) is 10.0 Å². The van der Waals surface area contributed by atoms with Crippen LogP contribution in [0, 0.1) is 5.92 Å². The lowest BCUT2D eigenvalue weighted by Gasteiger charge is -2.17. The van der Waals surface area contributed by atoms with Gasteiger partial charge in [-0.3, -0.25) is 9.36 Å². The lowest BCUT2D eigenvalue weighted by molar-refractivity contribution is -0.120. The zero-order valence-electron chi connectivity index (χ0n) is 10.7. The van der Waals surface area contributed by atoms with Crippen molar-refractivity contribution in [3.63, 3.8) is 0 Å². The molecule has 8 heteroatoms. The van der Waals surface area contributed by atoms with Crippen LogP contribution < -0.4 is 11.2 Å². The number of amides is 1. The Morgan fingerprint density at radius 2 is 2.05 bits per heavy atom. The predicted octanol–water partition coefficient (Wildman–Crippen LogP) is -0.579. The fourth-order valence-corrected chi connectivity index (χ4v) is 2.01. The summed E-state index contributed by atoms with van der Waals surface area (Å²) in [5, 5.41) is 37.4. The average Bonchev–Trinajstić information content (AvgIpc) is 2.56. The molecule has 0 aliphatic rings. The molecule has 1 heterocycles. The summed E-state index contributed by atoms with van der Waals surface area (Å²) in [4.78, 5) is 11.4. The number of aliphatic hydroxyl groups is 1. The van der Waals surface area contributed by atoms with Gasteiger partial charge in [0.1, 0.15) is 6.23 Å². The minimum absolute atomic E-state index is 0.167. The van der Waals surface area contributed by atoms with Gasteiger partial charge in [-0.15, -0.1) is 0 Å². The number of hydrogen-bond donors (Lipinski definition) is 6. The van der Waals surface area contributed by atoms with Gasteiger partial charge in [0.05, 0.1) is 12.5 Å². The highest BCUT2D eigenvalue weighted by atomic mass is 16.5. The Morgan fingerprint density at radius 1 is 1.47 bits per heavy atom. The van der Waals surface area contributed by atoms with E-state index in [-0.39, 0.29) is 29.8 Å². The van der Waals surface area contributed by atoms with Crippen LogP contribution in [0.3, 0.4) is 0 Å². The summed E-state index contributed by atoms with van der Waals surface area (Å²) in [5.41, 5.74) is 7.04. The molecule has 0 saturated carbocycles. The summed E-state index contributed by atoms with van der Waals surface area (Å²) in [6.07, 6.45) is -1.37. The standard InChI is InChI=1S/C11H19N3O5/c1-5(2)9(10(12)17)6-3-8(16)14(11(6)18)4-7(15)13-19/h3,5,7,9,13,15-16,18-19H,4H2,1-2H3,(H2,12,17)/t7-,9-/m0/s1. The first-order valence-corrected chi connectivity index (χ1v) is 5.77. The minimum Gasteiger partial charge on any atom is -0.494 e. The van der Waals surface area contributed by atoms with Crippen LogP contribution in [0.4, 0.5) is 0 Å². The number of aliphatic hydroxyl groups excluding tert-OH is 1. The van der Waals surface area contributed by atoms with E-state index in [9.17, 15) is 20.1 Å². The van der Waals surface area contributed by atoms with Crippen LogP contribution in [0.2, 0.25) is 0 Å². The van der Waals surface area contributed by atoms with Crippen molar-refractivity contribution in [1.29, 1.82) is 0 Å². The Labute approximate surface area is 110 Å². The van der Waals surface area contributed by atoms with Gasteiger partial charge in [-0.25, -0.2) is 0 Å². The molecule has 1 amide bonds. The Morgan fingerprint density at radius 3 is 2.47 bits per heavy atom. The molecule has 0 radical (unpaired) electrons. The third-order valence-electron chi connectivity index (χ3n) is 2.89. The number of carbonyl (C=O) groups is 1. The van der Waals surface area contributed by atoms with Crippen LogP contribution in [0.5, 0.6) is 11.8 Å². The maximum Gasteiger partial charge on any atom is 0.225 e. The summed E-state index contributed by atoms with van der Waals surface area (Å²) in [6, 6.07) is 1.22. The smallest absolute Gasteiger partial charge is 0.225 e. The quantitative estimate of drug-likeness (QED) is 0.302. The van der Waals surface area contributed by atoms with Gasteiger partial charge < -0.3 is 26.3 Å². The molecule has 0 saturated heterocycles. The van der Waals surface area contributed by atoms with Gasteiger partial charge in [0.25, 0.3) is 0 Å². The molecule has 0 fully saturated rings. The number of nitrogens with one attached hydrogen (secondary N) is 1. The number of carbonyl (C=O) groups excluding carboxylic acids is 1. The number of primary amides is 1. The SMILES string of the molecule is CC(C)[C@H](C(N)=O)c1cc(O)n(C[C@H](O)NO)c1O. The first-order valence-electron chi connectivity index (χ1n) is 5.77. The molecule has 1 aromatic rings. The van der Waals surface area contributed by atoms with Crippen LogP contribution in [-0.4, -0.2) is 37.2 Å². The van der Waals surface area contributed by atoms with Crippen molar-refractivity contribution in [3.8, 4) is 11.8 Å². The average molecular weight is 273 g/mol. The summed E-state index contributed by atoms with van der Waals surface area (Å²) in [6.45, 7) is 3.22. The predicted molar refractivity (Wildman–Crippen MR) is 65.5 cm³/mol. The first kappa shape index (κ1) is 15.3. The first-order chi connectivity index (χ1) is 8.79. The van der Waals surface area contributed by atoms with E-state index in [1.165, 1.54) is 6.07 Å². The zero-order valence-corrected chi connectivity index (χ0v) is 10.7. The van der Waals surface area contributed by atoms with E-state index in [0.29, 0.717) is 0 Å². The molecule has 0 aromatic carbocycles. The highest BCUT2D eigenvalue weighted by Crippen LogP contribution is 2.36. The second-order valence-corrected chi connectivity index (χ2v) is 4.66. The zero-order chi connectivity index (χ0) is 14.7. The van der Waals surface area contributed by atoms with Crippen molar-refractivity contribution < 1.29 is 25.3 Å².